The van der Waals surface area contributed by atoms with Gasteiger partial charge >= 0.3 is 0 Å². The molecule has 0 aliphatic rings. The van der Waals surface area contributed by atoms with Crippen LogP contribution in [-0.2, 0) is 6.42 Å². The van der Waals surface area contributed by atoms with Crippen molar-refractivity contribution in [3.8, 4) is 0 Å². The molecule has 0 unspecified atom stereocenters. The van der Waals surface area contributed by atoms with Gasteiger partial charge in [0, 0.05) is 16.6 Å². The first-order chi connectivity index (χ1) is 10.1. The lowest BCUT2D eigenvalue weighted by molar-refractivity contribution is 0.729. The second kappa shape index (κ2) is 8.23. The van der Waals surface area contributed by atoms with E-state index in [0.29, 0.717) is 5.02 Å². The van der Waals surface area contributed by atoms with Crippen LogP contribution >= 0.6 is 23.2 Å². The van der Waals surface area contributed by atoms with Gasteiger partial charge in [-0.25, -0.2) is 0 Å². The minimum Gasteiger partial charge on any atom is -0.313 e. The molecule has 0 amide bonds. The predicted octanol–water partition coefficient (Wildman–Crippen LogP) is 5.23. The van der Waals surface area contributed by atoms with E-state index in [1.54, 1.807) is 6.07 Å². The molecule has 0 saturated carbocycles. The smallest absolute Gasteiger partial charge is 0.0453 e. The zero-order valence-corrected chi connectivity index (χ0v) is 13.6. The molecular weight excluding hydrogens is 301 g/mol. The standard InChI is InChI=1S/C18H19Cl2N/c1-14(11-15-5-3-2-4-6-15)13-21-10-9-16-7-8-17(19)12-18(16)20/h2-8,11-12,21H,9-10,13H2,1H3. The molecule has 3 heteroatoms. The van der Waals surface area contributed by atoms with E-state index in [1.807, 2.05) is 18.2 Å². The Morgan fingerprint density at radius 1 is 1.10 bits per heavy atom. The lowest BCUT2D eigenvalue weighted by Crippen LogP contribution is -2.19. The fourth-order valence-corrected chi connectivity index (χ4v) is 2.62. The third-order valence-corrected chi connectivity index (χ3v) is 3.79. The zero-order chi connectivity index (χ0) is 15.1. The van der Waals surface area contributed by atoms with Crippen LogP contribution < -0.4 is 5.32 Å². The summed E-state index contributed by atoms with van der Waals surface area (Å²) in [5, 5.41) is 4.85. The highest BCUT2D eigenvalue weighted by Crippen LogP contribution is 2.21. The van der Waals surface area contributed by atoms with Gasteiger partial charge in [-0.15, -0.1) is 0 Å². The number of benzene rings is 2. The van der Waals surface area contributed by atoms with Crippen molar-refractivity contribution in [3.05, 3.63) is 75.3 Å². The van der Waals surface area contributed by atoms with Gasteiger partial charge in [0.15, 0.2) is 0 Å². The zero-order valence-electron chi connectivity index (χ0n) is 12.1. The van der Waals surface area contributed by atoms with Gasteiger partial charge in [-0.1, -0.05) is 71.2 Å². The summed E-state index contributed by atoms with van der Waals surface area (Å²) in [6.45, 7) is 3.90. The van der Waals surface area contributed by atoms with Crippen molar-refractivity contribution >= 4 is 29.3 Å². The Morgan fingerprint density at radius 2 is 1.86 bits per heavy atom. The summed E-state index contributed by atoms with van der Waals surface area (Å²) < 4.78 is 0. The highest BCUT2D eigenvalue weighted by atomic mass is 35.5. The molecule has 0 atom stereocenters. The van der Waals surface area contributed by atoms with Crippen molar-refractivity contribution in [2.45, 2.75) is 13.3 Å². The van der Waals surface area contributed by atoms with Crippen molar-refractivity contribution in [2.24, 2.45) is 0 Å². The summed E-state index contributed by atoms with van der Waals surface area (Å²) in [6.07, 6.45) is 3.09. The van der Waals surface area contributed by atoms with Crippen LogP contribution in [0.1, 0.15) is 18.1 Å². The van der Waals surface area contributed by atoms with E-state index in [0.717, 1.165) is 30.1 Å². The normalized spacial score (nSPS) is 11.7. The van der Waals surface area contributed by atoms with E-state index in [9.17, 15) is 0 Å². The molecule has 0 aromatic heterocycles. The maximum atomic E-state index is 6.15. The van der Waals surface area contributed by atoms with Crippen LogP contribution in [0.25, 0.3) is 6.08 Å². The van der Waals surface area contributed by atoms with Gasteiger partial charge in [-0.2, -0.15) is 0 Å². The molecule has 2 aromatic carbocycles. The Morgan fingerprint density at radius 3 is 2.57 bits per heavy atom. The van der Waals surface area contributed by atoms with Crippen molar-refractivity contribution in [3.63, 3.8) is 0 Å². The summed E-state index contributed by atoms with van der Waals surface area (Å²) in [7, 11) is 0. The van der Waals surface area contributed by atoms with E-state index in [1.165, 1.54) is 11.1 Å². The van der Waals surface area contributed by atoms with Crippen LogP contribution in [0.3, 0.4) is 0 Å². The summed E-state index contributed by atoms with van der Waals surface area (Å²) in [4.78, 5) is 0. The Hall–Kier alpha value is -1.28. The Balaban J connectivity index is 1.78. The van der Waals surface area contributed by atoms with E-state index < -0.39 is 0 Å². The van der Waals surface area contributed by atoms with Gasteiger partial charge in [-0.3, -0.25) is 0 Å². The molecule has 0 bridgehead atoms. The quantitative estimate of drug-likeness (QED) is 0.719. The fraction of sp³-hybridized carbons (Fsp3) is 0.222. The third kappa shape index (κ3) is 5.55. The first-order valence-electron chi connectivity index (χ1n) is 7.02. The molecule has 21 heavy (non-hydrogen) atoms. The number of hydrogen-bond acceptors (Lipinski definition) is 1. The molecule has 0 spiro atoms. The average Bonchev–Trinajstić information content (AvgIpc) is 2.46. The molecule has 110 valence electrons. The van der Waals surface area contributed by atoms with Gasteiger partial charge in [0.1, 0.15) is 0 Å². The van der Waals surface area contributed by atoms with Crippen LogP contribution in [0.15, 0.2) is 54.1 Å². The van der Waals surface area contributed by atoms with Gasteiger partial charge < -0.3 is 5.32 Å². The SMILES string of the molecule is CC(=Cc1ccccc1)CNCCc1ccc(Cl)cc1Cl. The highest BCUT2D eigenvalue weighted by Gasteiger charge is 2.01. The maximum Gasteiger partial charge on any atom is 0.0453 e. The lowest BCUT2D eigenvalue weighted by Gasteiger charge is -2.07. The molecule has 1 N–H and O–H groups in total. The van der Waals surface area contributed by atoms with E-state index in [4.69, 9.17) is 23.2 Å². The van der Waals surface area contributed by atoms with Crippen molar-refractivity contribution < 1.29 is 0 Å². The number of rotatable bonds is 6. The van der Waals surface area contributed by atoms with Crippen LogP contribution in [0, 0.1) is 0 Å². The second-order valence-corrected chi connectivity index (χ2v) is 5.91. The van der Waals surface area contributed by atoms with Gasteiger partial charge in [-0.05, 0) is 43.1 Å². The number of nitrogens with one attached hydrogen (secondary N) is 1. The molecular formula is C18H19Cl2N. The topological polar surface area (TPSA) is 12.0 Å². The molecule has 2 rings (SSSR count). The molecule has 0 aliphatic carbocycles. The van der Waals surface area contributed by atoms with Crippen LogP contribution in [0.2, 0.25) is 10.0 Å². The molecule has 0 saturated heterocycles. The number of hydrogen-bond donors (Lipinski definition) is 1. The van der Waals surface area contributed by atoms with Crippen molar-refractivity contribution in [1.82, 2.24) is 5.32 Å². The molecule has 1 nitrogen and oxygen atoms in total. The van der Waals surface area contributed by atoms with Crippen molar-refractivity contribution in [2.75, 3.05) is 13.1 Å². The minimum atomic E-state index is 0.679. The maximum absolute atomic E-state index is 6.15. The first kappa shape index (κ1) is 16.1. The van der Waals surface area contributed by atoms with Crippen LogP contribution in [0.5, 0.6) is 0 Å². The molecule has 2 aromatic rings. The van der Waals surface area contributed by atoms with Gasteiger partial charge in [0.2, 0.25) is 0 Å². The fourth-order valence-electron chi connectivity index (χ4n) is 2.12. The van der Waals surface area contributed by atoms with Crippen molar-refractivity contribution in [1.29, 1.82) is 0 Å². The highest BCUT2D eigenvalue weighted by molar-refractivity contribution is 6.35. The Kier molecular flexibility index (Phi) is 6.31. The largest absolute Gasteiger partial charge is 0.313 e. The third-order valence-electron chi connectivity index (χ3n) is 3.20. The summed E-state index contributed by atoms with van der Waals surface area (Å²) in [6, 6.07) is 16.0. The first-order valence-corrected chi connectivity index (χ1v) is 7.77. The van der Waals surface area contributed by atoms with Crippen LogP contribution in [0.4, 0.5) is 0 Å². The van der Waals surface area contributed by atoms with E-state index in [2.05, 4.69) is 42.6 Å². The molecule has 0 fully saturated rings. The summed E-state index contributed by atoms with van der Waals surface area (Å²) in [5.41, 5.74) is 3.67. The van der Waals surface area contributed by atoms with E-state index in [-0.39, 0.29) is 0 Å². The second-order valence-electron chi connectivity index (χ2n) is 5.06. The monoisotopic (exact) mass is 319 g/mol. The average molecular weight is 320 g/mol. The van der Waals surface area contributed by atoms with Gasteiger partial charge in [0.25, 0.3) is 0 Å². The summed E-state index contributed by atoms with van der Waals surface area (Å²) in [5.74, 6) is 0. The van der Waals surface area contributed by atoms with Gasteiger partial charge in [0.05, 0.1) is 0 Å². The Bertz CT molecular complexity index is 606. The lowest BCUT2D eigenvalue weighted by atomic mass is 10.1. The van der Waals surface area contributed by atoms with E-state index >= 15 is 0 Å². The molecule has 0 radical (unpaired) electrons. The molecule has 0 heterocycles. The minimum absolute atomic E-state index is 0.679. The van der Waals surface area contributed by atoms with Crippen LogP contribution in [-0.4, -0.2) is 13.1 Å². The predicted molar refractivity (Wildman–Crippen MR) is 93.1 cm³/mol. The summed E-state index contributed by atoms with van der Waals surface area (Å²) >= 11 is 12.0. The molecule has 0 aliphatic heterocycles. The number of halogens is 2. The Labute approximate surface area is 136 Å².